The average molecular weight is 444 g/mol. The summed E-state index contributed by atoms with van der Waals surface area (Å²) >= 11 is 0. The van der Waals surface area contributed by atoms with Crippen LogP contribution in [0.15, 0.2) is 42.3 Å². The minimum absolute atomic E-state index is 0.0318. The van der Waals surface area contributed by atoms with Crippen LogP contribution in [0.2, 0.25) is 0 Å². The first-order chi connectivity index (χ1) is 15.5. The van der Waals surface area contributed by atoms with Crippen molar-refractivity contribution < 1.29 is 18.3 Å². The van der Waals surface area contributed by atoms with E-state index in [0.717, 1.165) is 17.3 Å². The lowest BCUT2D eigenvalue weighted by molar-refractivity contribution is -0.140. The Morgan fingerprint density at radius 2 is 2.25 bits per heavy atom. The fraction of sp³-hybridized carbons (Fsp3) is 0.400. The predicted molar refractivity (Wildman–Crippen MR) is 111 cm³/mol. The Morgan fingerprint density at radius 3 is 3.03 bits per heavy atom. The second kappa shape index (κ2) is 8.28. The standard InChI is InChI=1S/C20H22F2N8O2/c1-28-10-15(8-24-28)26-20-23-6-13-7-25-30(19(13)27-20)9-12-4-14(21)5-16(18(12)22)29-2-3-32-11-17(29)31/h4-6,8,10,12,18,25H,2-3,7,9,11H2,1H3,(H,23,26,27). The van der Waals surface area contributed by atoms with Crippen molar-refractivity contribution in [3.05, 3.63) is 47.8 Å². The molecule has 3 aliphatic rings. The Morgan fingerprint density at radius 1 is 1.38 bits per heavy atom. The summed E-state index contributed by atoms with van der Waals surface area (Å²) < 4.78 is 36.6. The molecule has 0 saturated carbocycles. The number of carbonyl (C=O) groups is 1. The first kappa shape index (κ1) is 20.5. The molecule has 0 aromatic carbocycles. The average Bonchev–Trinajstić information content (AvgIpc) is 3.36. The molecule has 0 radical (unpaired) electrons. The molecule has 1 amide bonds. The monoisotopic (exact) mass is 444 g/mol. The molecule has 2 aromatic rings. The van der Waals surface area contributed by atoms with Crippen LogP contribution >= 0.6 is 0 Å². The summed E-state index contributed by atoms with van der Waals surface area (Å²) in [5.41, 5.74) is 4.76. The number of ether oxygens (including phenoxy) is 1. The predicted octanol–water partition coefficient (Wildman–Crippen LogP) is 1.34. The molecule has 32 heavy (non-hydrogen) atoms. The fourth-order valence-corrected chi connectivity index (χ4v) is 3.99. The Kier molecular flexibility index (Phi) is 5.31. The number of rotatable bonds is 5. The number of nitrogens with zero attached hydrogens (tertiary/aromatic N) is 6. The lowest BCUT2D eigenvalue weighted by Crippen LogP contribution is -2.47. The largest absolute Gasteiger partial charge is 0.370 e. The molecule has 2 aliphatic heterocycles. The maximum Gasteiger partial charge on any atom is 0.252 e. The number of allylic oxidation sites excluding steroid dienone is 3. The first-order valence-corrected chi connectivity index (χ1v) is 10.2. The van der Waals surface area contributed by atoms with E-state index in [9.17, 15) is 9.18 Å². The third kappa shape index (κ3) is 3.94. The number of nitrogens with one attached hydrogen (secondary N) is 2. The van der Waals surface area contributed by atoms with Crippen LogP contribution in [0.3, 0.4) is 0 Å². The summed E-state index contributed by atoms with van der Waals surface area (Å²) in [6, 6.07) is 0. The van der Waals surface area contributed by atoms with Gasteiger partial charge in [0.15, 0.2) is 5.82 Å². The van der Waals surface area contributed by atoms with Crippen molar-refractivity contribution >= 4 is 23.4 Å². The van der Waals surface area contributed by atoms with E-state index in [-0.39, 0.29) is 37.9 Å². The van der Waals surface area contributed by atoms with Crippen LogP contribution in [-0.2, 0) is 23.1 Å². The van der Waals surface area contributed by atoms with Crippen LogP contribution in [0.1, 0.15) is 5.56 Å². The molecule has 10 nitrogen and oxygen atoms in total. The van der Waals surface area contributed by atoms with Gasteiger partial charge in [-0.15, -0.1) is 0 Å². The summed E-state index contributed by atoms with van der Waals surface area (Å²) in [7, 11) is 1.80. The summed E-state index contributed by atoms with van der Waals surface area (Å²) in [6.07, 6.45) is 5.92. The van der Waals surface area contributed by atoms with E-state index in [1.807, 2.05) is 0 Å². The molecule has 0 bridgehead atoms. The number of carbonyl (C=O) groups excluding carboxylic acids is 1. The number of aryl methyl sites for hydroxylation is 1. The molecule has 4 heterocycles. The number of alkyl halides is 1. The van der Waals surface area contributed by atoms with E-state index in [0.29, 0.717) is 18.3 Å². The highest BCUT2D eigenvalue weighted by Gasteiger charge is 2.36. The number of aromatic nitrogens is 4. The van der Waals surface area contributed by atoms with E-state index < -0.39 is 17.9 Å². The molecular formula is C20H22F2N8O2. The zero-order valence-electron chi connectivity index (χ0n) is 17.3. The van der Waals surface area contributed by atoms with Crippen LogP contribution in [0.25, 0.3) is 0 Å². The van der Waals surface area contributed by atoms with Gasteiger partial charge in [0.2, 0.25) is 5.95 Å². The molecule has 2 atom stereocenters. The van der Waals surface area contributed by atoms with Crippen molar-refractivity contribution in [2.75, 3.05) is 36.6 Å². The van der Waals surface area contributed by atoms with Crippen LogP contribution < -0.4 is 15.8 Å². The van der Waals surface area contributed by atoms with Crippen molar-refractivity contribution in [2.24, 2.45) is 13.0 Å². The van der Waals surface area contributed by atoms with E-state index in [1.165, 1.54) is 11.0 Å². The molecule has 2 N–H and O–H groups in total. The number of amides is 1. The summed E-state index contributed by atoms with van der Waals surface area (Å²) in [4.78, 5) is 22.3. The molecule has 168 valence electrons. The first-order valence-electron chi connectivity index (χ1n) is 10.2. The highest BCUT2D eigenvalue weighted by molar-refractivity contribution is 5.80. The Labute approximate surface area is 182 Å². The van der Waals surface area contributed by atoms with Gasteiger partial charge in [-0.1, -0.05) is 0 Å². The number of morpholine rings is 1. The number of halogens is 2. The van der Waals surface area contributed by atoms with E-state index in [2.05, 4.69) is 25.8 Å². The minimum atomic E-state index is -1.54. The van der Waals surface area contributed by atoms with Gasteiger partial charge < -0.3 is 15.0 Å². The smallest absolute Gasteiger partial charge is 0.252 e. The molecule has 12 heteroatoms. The summed E-state index contributed by atoms with van der Waals surface area (Å²) in [6.45, 7) is 0.956. The Balaban J connectivity index is 1.33. The van der Waals surface area contributed by atoms with Crippen LogP contribution in [0, 0.1) is 5.92 Å². The molecule has 5 rings (SSSR count). The number of hydrogen-bond acceptors (Lipinski definition) is 8. The van der Waals surface area contributed by atoms with Crippen molar-refractivity contribution in [3.8, 4) is 0 Å². The van der Waals surface area contributed by atoms with E-state index >= 15 is 4.39 Å². The Bertz CT molecular complexity index is 1100. The normalized spacial score (nSPS) is 23.2. The third-order valence-corrected chi connectivity index (χ3v) is 5.53. The van der Waals surface area contributed by atoms with Crippen molar-refractivity contribution in [3.63, 3.8) is 0 Å². The molecule has 1 fully saturated rings. The maximum absolute atomic E-state index is 15.4. The fourth-order valence-electron chi connectivity index (χ4n) is 3.99. The van der Waals surface area contributed by atoms with E-state index in [1.54, 1.807) is 35.3 Å². The van der Waals surface area contributed by atoms with Crippen molar-refractivity contribution in [1.29, 1.82) is 0 Å². The SMILES string of the molecule is Cn1cc(Nc2ncc3c(n2)N(CC2C=C(F)C=C(N4CCOCC4=O)C2F)NC3)cn1. The quantitative estimate of drug-likeness (QED) is 0.713. The van der Waals surface area contributed by atoms with Gasteiger partial charge in [0.1, 0.15) is 18.6 Å². The summed E-state index contributed by atoms with van der Waals surface area (Å²) in [5, 5.41) is 8.86. The van der Waals surface area contributed by atoms with Gasteiger partial charge in [-0.2, -0.15) is 10.1 Å². The second-order valence-corrected chi connectivity index (χ2v) is 7.80. The van der Waals surface area contributed by atoms with Gasteiger partial charge >= 0.3 is 0 Å². The maximum atomic E-state index is 15.4. The molecule has 0 spiro atoms. The topological polar surface area (TPSA) is 100 Å². The van der Waals surface area contributed by atoms with Gasteiger partial charge in [-0.25, -0.2) is 19.2 Å². The Hall–Kier alpha value is -3.38. The zero-order valence-corrected chi connectivity index (χ0v) is 17.3. The van der Waals surface area contributed by atoms with Crippen molar-refractivity contribution in [2.45, 2.75) is 12.7 Å². The highest BCUT2D eigenvalue weighted by Crippen LogP contribution is 2.33. The van der Waals surface area contributed by atoms with Crippen molar-refractivity contribution in [1.82, 2.24) is 30.1 Å². The summed E-state index contributed by atoms with van der Waals surface area (Å²) in [5.74, 6) is -0.798. The molecule has 2 aromatic heterocycles. The van der Waals surface area contributed by atoms with Crippen LogP contribution in [-0.4, -0.2) is 63.0 Å². The van der Waals surface area contributed by atoms with Crippen LogP contribution in [0.5, 0.6) is 0 Å². The lowest BCUT2D eigenvalue weighted by Gasteiger charge is -2.35. The number of hydrogen-bond donors (Lipinski definition) is 2. The van der Waals surface area contributed by atoms with Gasteiger partial charge in [-0.05, 0) is 12.2 Å². The van der Waals surface area contributed by atoms with Crippen LogP contribution in [0.4, 0.5) is 26.2 Å². The second-order valence-electron chi connectivity index (χ2n) is 7.80. The molecular weight excluding hydrogens is 422 g/mol. The number of hydrazine groups is 1. The van der Waals surface area contributed by atoms with E-state index in [4.69, 9.17) is 4.74 Å². The number of fused-ring (bicyclic) bond motifs is 1. The zero-order chi connectivity index (χ0) is 22.2. The number of anilines is 3. The van der Waals surface area contributed by atoms with Gasteiger partial charge in [-0.3, -0.25) is 14.5 Å². The molecule has 2 unspecified atom stereocenters. The lowest BCUT2D eigenvalue weighted by atomic mass is 9.94. The molecule has 1 saturated heterocycles. The van der Waals surface area contributed by atoms with Gasteiger partial charge in [0.25, 0.3) is 5.91 Å². The van der Waals surface area contributed by atoms with Gasteiger partial charge in [0.05, 0.1) is 24.2 Å². The molecule has 1 aliphatic carbocycles. The minimum Gasteiger partial charge on any atom is -0.370 e. The third-order valence-electron chi connectivity index (χ3n) is 5.53. The van der Waals surface area contributed by atoms with Gasteiger partial charge in [0, 0.05) is 50.6 Å². The highest BCUT2D eigenvalue weighted by atomic mass is 19.1.